The van der Waals surface area contributed by atoms with Crippen LogP contribution in [-0.2, 0) is 16.0 Å². The number of imide groups is 1. The molecule has 1 atom stereocenters. The highest BCUT2D eigenvalue weighted by molar-refractivity contribution is 7.10. The van der Waals surface area contributed by atoms with Crippen molar-refractivity contribution in [2.45, 2.75) is 45.2 Å². The van der Waals surface area contributed by atoms with Gasteiger partial charge in [-0.3, -0.25) is 14.5 Å². The summed E-state index contributed by atoms with van der Waals surface area (Å²) in [6, 6.07) is 1.71. The fraction of sp³-hybridized carbons (Fsp3) is 0.562. The molecule has 23 heavy (non-hydrogen) atoms. The van der Waals surface area contributed by atoms with Gasteiger partial charge in [0.05, 0.1) is 6.04 Å². The summed E-state index contributed by atoms with van der Waals surface area (Å²) in [7, 11) is 0. The van der Waals surface area contributed by atoms with Crippen LogP contribution in [0.5, 0.6) is 0 Å². The van der Waals surface area contributed by atoms with Gasteiger partial charge in [-0.15, -0.1) is 11.3 Å². The first-order valence-electron chi connectivity index (χ1n) is 7.81. The van der Waals surface area contributed by atoms with E-state index in [1.807, 2.05) is 11.8 Å². The van der Waals surface area contributed by atoms with Gasteiger partial charge in [0.2, 0.25) is 5.91 Å². The molecule has 0 saturated carbocycles. The van der Waals surface area contributed by atoms with Gasteiger partial charge in [0.15, 0.2) is 0 Å². The number of rotatable bonds is 3. The van der Waals surface area contributed by atoms with Crippen molar-refractivity contribution >= 4 is 29.2 Å². The number of hydrogen-bond acceptors (Lipinski definition) is 4. The molecule has 4 amide bonds. The van der Waals surface area contributed by atoms with E-state index in [-0.39, 0.29) is 30.8 Å². The van der Waals surface area contributed by atoms with Gasteiger partial charge in [-0.1, -0.05) is 0 Å². The molecular weight excluding hydrogens is 314 g/mol. The van der Waals surface area contributed by atoms with Crippen LogP contribution in [0, 0.1) is 0 Å². The van der Waals surface area contributed by atoms with Gasteiger partial charge in [-0.25, -0.2) is 4.79 Å². The van der Waals surface area contributed by atoms with Gasteiger partial charge >= 0.3 is 6.03 Å². The molecule has 0 spiro atoms. The normalized spacial score (nSPS) is 23.0. The summed E-state index contributed by atoms with van der Waals surface area (Å²) in [5, 5.41) is 4.69. The van der Waals surface area contributed by atoms with E-state index in [2.05, 4.69) is 16.8 Å². The van der Waals surface area contributed by atoms with Gasteiger partial charge in [0.1, 0.15) is 5.54 Å². The average molecular weight is 335 g/mol. The Bertz CT molecular complexity index is 667. The highest BCUT2D eigenvalue weighted by atomic mass is 32.1. The van der Waals surface area contributed by atoms with Crippen molar-refractivity contribution in [2.75, 3.05) is 13.1 Å². The summed E-state index contributed by atoms with van der Waals surface area (Å²) >= 11 is 1.73. The van der Waals surface area contributed by atoms with E-state index in [0.717, 1.165) is 11.3 Å². The molecule has 1 aromatic rings. The molecule has 6 nitrogen and oxygen atoms in total. The molecule has 0 aliphatic carbocycles. The lowest BCUT2D eigenvalue weighted by Gasteiger charge is -2.34. The van der Waals surface area contributed by atoms with Crippen molar-refractivity contribution in [3.05, 3.63) is 21.9 Å². The quantitative estimate of drug-likeness (QED) is 0.858. The smallest absolute Gasteiger partial charge is 0.325 e. The zero-order chi connectivity index (χ0) is 16.8. The molecule has 1 N–H and O–H groups in total. The van der Waals surface area contributed by atoms with Crippen molar-refractivity contribution in [1.29, 1.82) is 0 Å². The first-order chi connectivity index (χ1) is 10.8. The molecule has 124 valence electrons. The third-order valence-electron chi connectivity index (χ3n) is 4.59. The van der Waals surface area contributed by atoms with Crippen molar-refractivity contribution in [1.82, 2.24) is 15.1 Å². The number of fused-ring (bicyclic) bond motifs is 1. The highest BCUT2D eigenvalue weighted by Crippen LogP contribution is 2.33. The second-order valence-corrected chi connectivity index (χ2v) is 7.57. The maximum Gasteiger partial charge on any atom is 0.325 e. The molecule has 3 rings (SSSR count). The van der Waals surface area contributed by atoms with E-state index in [9.17, 15) is 14.4 Å². The lowest BCUT2D eigenvalue weighted by Crippen LogP contribution is -2.42. The average Bonchev–Trinajstić information content (AvgIpc) is 3.02. The number of carbonyl (C=O) groups excluding carboxylic acids is 3. The lowest BCUT2D eigenvalue weighted by molar-refractivity contribution is -0.135. The number of nitrogens with zero attached hydrogens (tertiary/aromatic N) is 2. The summed E-state index contributed by atoms with van der Waals surface area (Å²) in [5.41, 5.74) is 0.329. The standard InChI is InChI=1S/C16H21N3O3S/c1-10-11-6-9-23-12(11)4-7-18(10)13(20)5-8-19-14(21)16(2,3)17-15(19)22/h6,9-10H,4-5,7-8H2,1-3H3,(H,17,22)/t10-/m0/s1. The number of hydrogen-bond donors (Lipinski definition) is 1. The van der Waals surface area contributed by atoms with Crippen LogP contribution < -0.4 is 5.32 Å². The molecule has 0 aromatic carbocycles. The second kappa shape index (κ2) is 5.63. The summed E-state index contributed by atoms with van der Waals surface area (Å²) in [4.78, 5) is 40.9. The molecule has 7 heteroatoms. The summed E-state index contributed by atoms with van der Waals surface area (Å²) in [6.45, 7) is 6.19. The summed E-state index contributed by atoms with van der Waals surface area (Å²) < 4.78 is 0. The zero-order valence-corrected chi connectivity index (χ0v) is 14.4. The number of urea groups is 1. The zero-order valence-electron chi connectivity index (χ0n) is 13.6. The Morgan fingerprint density at radius 3 is 2.83 bits per heavy atom. The van der Waals surface area contributed by atoms with Gasteiger partial charge in [-0.05, 0) is 44.2 Å². The molecule has 0 bridgehead atoms. The third kappa shape index (κ3) is 2.73. The van der Waals surface area contributed by atoms with Crippen LogP contribution in [0.1, 0.15) is 43.7 Å². The fourth-order valence-electron chi connectivity index (χ4n) is 3.22. The first-order valence-corrected chi connectivity index (χ1v) is 8.69. The van der Waals surface area contributed by atoms with E-state index in [0.29, 0.717) is 6.54 Å². The Balaban J connectivity index is 1.63. The molecular formula is C16H21N3O3S. The van der Waals surface area contributed by atoms with Crippen LogP contribution >= 0.6 is 11.3 Å². The van der Waals surface area contributed by atoms with E-state index < -0.39 is 11.6 Å². The van der Waals surface area contributed by atoms with E-state index in [1.165, 1.54) is 10.4 Å². The molecule has 1 aromatic heterocycles. The Hall–Kier alpha value is -1.89. The van der Waals surface area contributed by atoms with Crippen LogP contribution in [0.3, 0.4) is 0 Å². The largest absolute Gasteiger partial charge is 0.335 e. The summed E-state index contributed by atoms with van der Waals surface area (Å²) in [6.07, 6.45) is 1.04. The fourth-order valence-corrected chi connectivity index (χ4v) is 4.18. The summed E-state index contributed by atoms with van der Waals surface area (Å²) in [5.74, 6) is -0.290. The monoisotopic (exact) mass is 335 g/mol. The Labute approximate surface area is 139 Å². The van der Waals surface area contributed by atoms with Crippen LogP contribution in [-0.4, -0.2) is 46.3 Å². The molecule has 0 unspecified atom stereocenters. The topological polar surface area (TPSA) is 69.7 Å². The molecule has 1 saturated heterocycles. The van der Waals surface area contributed by atoms with Crippen LogP contribution in [0.15, 0.2) is 11.4 Å². The Morgan fingerprint density at radius 1 is 1.43 bits per heavy atom. The van der Waals surface area contributed by atoms with E-state index in [4.69, 9.17) is 0 Å². The second-order valence-electron chi connectivity index (χ2n) is 6.57. The van der Waals surface area contributed by atoms with Crippen LogP contribution in [0.4, 0.5) is 4.79 Å². The molecule has 3 heterocycles. The minimum absolute atomic E-state index is 0.0142. The minimum Gasteiger partial charge on any atom is -0.335 e. The predicted octanol–water partition coefficient (Wildman–Crippen LogP) is 1.91. The number of amides is 4. The Kier molecular flexibility index (Phi) is 3.91. The highest BCUT2D eigenvalue weighted by Gasteiger charge is 2.44. The molecule has 2 aliphatic rings. The molecule has 1 fully saturated rings. The van der Waals surface area contributed by atoms with Crippen LogP contribution in [0.2, 0.25) is 0 Å². The van der Waals surface area contributed by atoms with Crippen molar-refractivity contribution in [3.63, 3.8) is 0 Å². The van der Waals surface area contributed by atoms with Crippen LogP contribution in [0.25, 0.3) is 0 Å². The number of thiophene rings is 1. The number of nitrogens with one attached hydrogen (secondary N) is 1. The van der Waals surface area contributed by atoms with E-state index in [1.54, 1.807) is 25.2 Å². The van der Waals surface area contributed by atoms with Crippen molar-refractivity contribution in [3.8, 4) is 0 Å². The van der Waals surface area contributed by atoms with Crippen molar-refractivity contribution < 1.29 is 14.4 Å². The first kappa shape index (κ1) is 16.0. The lowest BCUT2D eigenvalue weighted by atomic mass is 10.0. The number of carbonyl (C=O) groups is 3. The predicted molar refractivity (Wildman–Crippen MR) is 87.1 cm³/mol. The third-order valence-corrected chi connectivity index (χ3v) is 5.59. The minimum atomic E-state index is -0.885. The van der Waals surface area contributed by atoms with Gasteiger partial charge in [0, 0.05) is 24.4 Å². The maximum atomic E-state index is 12.5. The molecule has 2 aliphatic heterocycles. The van der Waals surface area contributed by atoms with Gasteiger partial charge < -0.3 is 10.2 Å². The van der Waals surface area contributed by atoms with Gasteiger partial charge in [0.25, 0.3) is 5.91 Å². The van der Waals surface area contributed by atoms with Gasteiger partial charge in [-0.2, -0.15) is 0 Å². The SMILES string of the molecule is C[C@H]1c2ccsc2CCN1C(=O)CCN1C(=O)NC(C)(C)C1=O. The maximum absolute atomic E-state index is 12.5. The van der Waals surface area contributed by atoms with Crippen molar-refractivity contribution in [2.24, 2.45) is 0 Å². The van der Waals surface area contributed by atoms with E-state index >= 15 is 0 Å². The molecule has 0 radical (unpaired) electrons. The Morgan fingerprint density at radius 2 is 2.17 bits per heavy atom.